The van der Waals surface area contributed by atoms with Gasteiger partial charge in [0.2, 0.25) is 0 Å². The van der Waals surface area contributed by atoms with Gasteiger partial charge in [-0.2, -0.15) is 4.52 Å². The third-order valence-corrected chi connectivity index (χ3v) is 7.27. The number of hydrogen-bond acceptors (Lipinski definition) is 4. The van der Waals surface area contributed by atoms with Gasteiger partial charge in [0.1, 0.15) is 10.6 Å². The molecule has 1 aliphatic carbocycles. The number of aryl methyl sites for hydroxylation is 2. The number of thiophene rings is 1. The largest absolute Gasteiger partial charge is 0.352 e. The number of benzene rings is 2. The van der Waals surface area contributed by atoms with E-state index in [-0.39, 0.29) is 18.1 Å². The summed E-state index contributed by atoms with van der Waals surface area (Å²) in [4.78, 5) is 20.5. The summed E-state index contributed by atoms with van der Waals surface area (Å²) in [7, 11) is 0. The SMILES string of the molecule is O=c1n(Cc2ccccc2F)c2sc3c(c2c2nc(-c4ccccc4)nn12)CCCC3. The molecule has 0 N–H and O–H groups in total. The highest BCUT2D eigenvalue weighted by Crippen LogP contribution is 2.38. The van der Waals surface area contributed by atoms with Crippen molar-refractivity contribution in [3.05, 3.63) is 86.9 Å². The fourth-order valence-corrected chi connectivity index (χ4v) is 5.80. The van der Waals surface area contributed by atoms with Crippen LogP contribution in [0.5, 0.6) is 0 Å². The van der Waals surface area contributed by atoms with Crippen LogP contribution in [0.4, 0.5) is 4.39 Å². The minimum Gasteiger partial charge on any atom is -0.278 e. The Labute approximate surface area is 181 Å². The van der Waals surface area contributed by atoms with Gasteiger partial charge in [-0.05, 0) is 37.3 Å². The number of hydrogen-bond donors (Lipinski definition) is 0. The quantitative estimate of drug-likeness (QED) is 0.412. The van der Waals surface area contributed by atoms with Crippen LogP contribution in [-0.2, 0) is 19.4 Å². The first-order valence-electron chi connectivity index (χ1n) is 10.4. The Morgan fingerprint density at radius 2 is 1.77 bits per heavy atom. The van der Waals surface area contributed by atoms with Crippen molar-refractivity contribution < 1.29 is 4.39 Å². The van der Waals surface area contributed by atoms with Crippen molar-refractivity contribution in [3.63, 3.8) is 0 Å². The zero-order chi connectivity index (χ0) is 20.9. The maximum absolute atomic E-state index is 14.4. The number of aromatic nitrogens is 4. The fraction of sp³-hybridized carbons (Fsp3) is 0.208. The second-order valence-electron chi connectivity index (χ2n) is 7.89. The fourth-order valence-electron chi connectivity index (χ4n) is 4.43. The highest BCUT2D eigenvalue weighted by molar-refractivity contribution is 7.19. The zero-order valence-corrected chi connectivity index (χ0v) is 17.5. The molecule has 0 fully saturated rings. The van der Waals surface area contributed by atoms with E-state index in [4.69, 9.17) is 4.98 Å². The van der Waals surface area contributed by atoms with Gasteiger partial charge in [-0.1, -0.05) is 48.5 Å². The molecule has 0 atom stereocenters. The van der Waals surface area contributed by atoms with Gasteiger partial charge in [0, 0.05) is 16.0 Å². The van der Waals surface area contributed by atoms with Crippen LogP contribution in [0.25, 0.3) is 27.3 Å². The van der Waals surface area contributed by atoms with Gasteiger partial charge >= 0.3 is 5.69 Å². The number of rotatable bonds is 3. The summed E-state index contributed by atoms with van der Waals surface area (Å²) in [5.74, 6) is 0.214. The first kappa shape index (κ1) is 18.4. The van der Waals surface area contributed by atoms with E-state index in [0.717, 1.165) is 41.5 Å². The van der Waals surface area contributed by atoms with Crippen molar-refractivity contribution in [2.45, 2.75) is 32.2 Å². The molecule has 0 spiro atoms. The average Bonchev–Trinajstić information content (AvgIpc) is 3.40. The number of nitrogens with zero attached hydrogens (tertiary/aromatic N) is 4. The van der Waals surface area contributed by atoms with Crippen molar-refractivity contribution in [2.24, 2.45) is 0 Å². The summed E-state index contributed by atoms with van der Waals surface area (Å²) in [6, 6.07) is 16.3. The Hall–Kier alpha value is -3.32. The van der Waals surface area contributed by atoms with Crippen molar-refractivity contribution >= 4 is 27.2 Å². The molecule has 0 aliphatic heterocycles. The normalized spacial score (nSPS) is 13.7. The Balaban J connectivity index is 1.67. The van der Waals surface area contributed by atoms with Crippen LogP contribution in [0.2, 0.25) is 0 Å². The lowest BCUT2D eigenvalue weighted by molar-refractivity contribution is 0.595. The highest BCUT2D eigenvalue weighted by Gasteiger charge is 2.24. The van der Waals surface area contributed by atoms with Gasteiger partial charge in [-0.3, -0.25) is 4.57 Å². The minimum absolute atomic E-state index is 0.165. The van der Waals surface area contributed by atoms with Crippen LogP contribution in [0, 0.1) is 5.82 Å². The molecule has 0 radical (unpaired) electrons. The second-order valence-corrected chi connectivity index (χ2v) is 8.97. The number of halogens is 1. The summed E-state index contributed by atoms with van der Waals surface area (Å²) in [6.07, 6.45) is 4.25. The molecule has 0 unspecified atom stereocenters. The molecule has 5 nitrogen and oxygen atoms in total. The standard InChI is InChI=1S/C24H19FN4OS/c25-18-12-6-4-10-16(18)14-28-23-20(17-11-5-7-13-19(17)31-23)22-26-21(27-29(22)24(28)30)15-8-2-1-3-9-15/h1-4,6,8-10,12H,5,7,11,13-14H2. The predicted octanol–water partition coefficient (Wildman–Crippen LogP) is 4.84. The van der Waals surface area contributed by atoms with Crippen LogP contribution in [-0.4, -0.2) is 19.2 Å². The maximum Gasteiger partial charge on any atom is 0.352 e. The van der Waals surface area contributed by atoms with E-state index in [9.17, 15) is 9.18 Å². The summed E-state index contributed by atoms with van der Waals surface area (Å²) in [5, 5.41) is 5.56. The van der Waals surface area contributed by atoms with Crippen molar-refractivity contribution in [1.29, 1.82) is 0 Å². The van der Waals surface area contributed by atoms with E-state index in [1.54, 1.807) is 34.1 Å². The molecule has 3 aromatic heterocycles. The first-order chi connectivity index (χ1) is 15.2. The molecule has 6 rings (SSSR count). The van der Waals surface area contributed by atoms with Crippen LogP contribution in [0.3, 0.4) is 0 Å². The van der Waals surface area contributed by atoms with Crippen LogP contribution < -0.4 is 5.69 Å². The van der Waals surface area contributed by atoms with Gasteiger partial charge < -0.3 is 0 Å². The van der Waals surface area contributed by atoms with Crippen LogP contribution in [0.15, 0.2) is 59.4 Å². The zero-order valence-electron chi connectivity index (χ0n) is 16.7. The van der Waals surface area contributed by atoms with Crippen LogP contribution in [0.1, 0.15) is 28.8 Å². The Bertz CT molecular complexity index is 1500. The Kier molecular flexibility index (Phi) is 4.24. The summed E-state index contributed by atoms with van der Waals surface area (Å²) < 4.78 is 17.5. The van der Waals surface area contributed by atoms with Gasteiger partial charge in [0.15, 0.2) is 11.5 Å². The van der Waals surface area contributed by atoms with Gasteiger partial charge in [-0.15, -0.1) is 16.4 Å². The molecule has 1 aliphatic rings. The van der Waals surface area contributed by atoms with E-state index in [1.165, 1.54) is 21.0 Å². The molecule has 0 saturated carbocycles. The molecule has 0 saturated heterocycles. The average molecular weight is 431 g/mol. The predicted molar refractivity (Wildman–Crippen MR) is 120 cm³/mol. The molecule has 7 heteroatoms. The van der Waals surface area contributed by atoms with Crippen molar-refractivity contribution in [1.82, 2.24) is 19.2 Å². The van der Waals surface area contributed by atoms with Crippen molar-refractivity contribution in [2.75, 3.05) is 0 Å². The summed E-state index contributed by atoms with van der Waals surface area (Å²) in [6.45, 7) is 0.165. The van der Waals surface area contributed by atoms with Gasteiger partial charge in [0.25, 0.3) is 0 Å². The lowest BCUT2D eigenvalue weighted by atomic mass is 9.97. The highest BCUT2D eigenvalue weighted by atomic mass is 32.1. The third kappa shape index (κ3) is 2.91. The molecule has 2 aromatic carbocycles. The topological polar surface area (TPSA) is 52.2 Å². The van der Waals surface area contributed by atoms with E-state index in [0.29, 0.717) is 17.0 Å². The smallest absolute Gasteiger partial charge is 0.278 e. The minimum atomic E-state index is -0.312. The van der Waals surface area contributed by atoms with E-state index >= 15 is 0 Å². The first-order valence-corrected chi connectivity index (χ1v) is 11.2. The molecular formula is C24H19FN4OS. The second kappa shape index (κ2) is 7.13. The van der Waals surface area contributed by atoms with E-state index in [1.807, 2.05) is 30.3 Å². The summed E-state index contributed by atoms with van der Waals surface area (Å²) >= 11 is 1.64. The third-order valence-electron chi connectivity index (χ3n) is 5.96. The molecule has 5 aromatic rings. The lowest BCUT2D eigenvalue weighted by Gasteiger charge is -2.11. The Morgan fingerprint density at radius 3 is 2.61 bits per heavy atom. The molecular weight excluding hydrogens is 411 g/mol. The summed E-state index contributed by atoms with van der Waals surface area (Å²) in [5.41, 5.74) is 2.93. The molecule has 154 valence electrons. The molecule has 31 heavy (non-hydrogen) atoms. The van der Waals surface area contributed by atoms with E-state index < -0.39 is 0 Å². The van der Waals surface area contributed by atoms with Crippen LogP contribution >= 0.6 is 11.3 Å². The van der Waals surface area contributed by atoms with Crippen molar-refractivity contribution in [3.8, 4) is 11.4 Å². The van der Waals surface area contributed by atoms with Gasteiger partial charge in [0.05, 0.1) is 11.9 Å². The molecule has 0 amide bonds. The maximum atomic E-state index is 14.4. The van der Waals surface area contributed by atoms with E-state index in [2.05, 4.69) is 5.10 Å². The lowest BCUT2D eigenvalue weighted by Crippen LogP contribution is -2.28. The monoisotopic (exact) mass is 430 g/mol. The number of fused-ring (bicyclic) bond motifs is 5. The van der Waals surface area contributed by atoms with Gasteiger partial charge in [-0.25, -0.2) is 14.2 Å². The Morgan fingerprint density at radius 1 is 1.00 bits per heavy atom. The molecule has 3 heterocycles. The molecule has 0 bridgehead atoms.